The molecule has 140 valence electrons. The zero-order valence-electron chi connectivity index (χ0n) is 15.2. The standard InChI is InChI=1S/C19H27N5O2/c25-17(11-22-12-20-21-13-22)24-9-14-2-6-23(7-3-15(14)10-24)18(26)16-8-19(16)4-1-5-19/h12-16H,1-11H2/t14-,15+,16?. The van der Waals surface area contributed by atoms with Gasteiger partial charge in [0.15, 0.2) is 0 Å². The number of amides is 2. The topological polar surface area (TPSA) is 71.3 Å². The van der Waals surface area contributed by atoms with Crippen molar-refractivity contribution in [1.29, 1.82) is 0 Å². The Morgan fingerprint density at radius 3 is 2.19 bits per heavy atom. The number of rotatable bonds is 3. The van der Waals surface area contributed by atoms with Gasteiger partial charge in [0.2, 0.25) is 11.8 Å². The van der Waals surface area contributed by atoms with Gasteiger partial charge in [0.25, 0.3) is 0 Å². The monoisotopic (exact) mass is 357 g/mol. The lowest BCUT2D eigenvalue weighted by Gasteiger charge is -2.29. The Kier molecular flexibility index (Phi) is 3.79. The number of fused-ring (bicyclic) bond motifs is 1. The SMILES string of the molecule is O=C(Cn1cnnc1)N1C[C@H]2CCN(C(=O)C3CC34CCC4)CC[C@H]2C1. The molecule has 3 heterocycles. The molecule has 26 heavy (non-hydrogen) atoms. The lowest BCUT2D eigenvalue weighted by molar-refractivity contribution is -0.134. The van der Waals surface area contributed by atoms with Gasteiger partial charge in [-0.1, -0.05) is 6.42 Å². The van der Waals surface area contributed by atoms with Crippen molar-refractivity contribution in [3.05, 3.63) is 12.7 Å². The Bertz CT molecular complexity index is 683. The van der Waals surface area contributed by atoms with Crippen molar-refractivity contribution in [2.75, 3.05) is 26.2 Å². The fourth-order valence-corrected chi connectivity index (χ4v) is 5.43. The zero-order chi connectivity index (χ0) is 17.7. The Morgan fingerprint density at radius 1 is 1.00 bits per heavy atom. The molecule has 7 nitrogen and oxygen atoms in total. The number of hydrogen-bond acceptors (Lipinski definition) is 4. The minimum atomic E-state index is 0.149. The number of hydrogen-bond donors (Lipinski definition) is 0. The van der Waals surface area contributed by atoms with E-state index in [0.29, 0.717) is 35.6 Å². The third kappa shape index (κ3) is 2.72. The Balaban J connectivity index is 1.15. The molecule has 3 atom stereocenters. The number of likely N-dealkylation sites (tertiary alicyclic amines) is 2. The van der Waals surface area contributed by atoms with Gasteiger partial charge in [0, 0.05) is 32.1 Å². The minimum absolute atomic E-state index is 0.149. The summed E-state index contributed by atoms with van der Waals surface area (Å²) in [7, 11) is 0. The summed E-state index contributed by atoms with van der Waals surface area (Å²) < 4.78 is 1.73. The average Bonchev–Trinajstić information content (AvgIpc) is 3.06. The molecule has 7 heteroatoms. The Labute approximate surface area is 153 Å². The lowest BCUT2D eigenvalue weighted by atomic mass is 9.79. The summed E-state index contributed by atoms with van der Waals surface area (Å²) in [6.45, 7) is 3.74. The highest BCUT2D eigenvalue weighted by Gasteiger charge is 2.61. The van der Waals surface area contributed by atoms with Crippen molar-refractivity contribution < 1.29 is 9.59 Å². The summed E-state index contributed by atoms with van der Waals surface area (Å²) in [5, 5.41) is 7.51. The van der Waals surface area contributed by atoms with E-state index in [1.54, 1.807) is 17.2 Å². The molecule has 2 saturated carbocycles. The molecule has 1 aromatic heterocycles. The molecular formula is C19H27N5O2. The second-order valence-electron chi connectivity index (χ2n) is 8.83. The molecule has 2 aliphatic carbocycles. The van der Waals surface area contributed by atoms with Gasteiger partial charge in [-0.15, -0.1) is 10.2 Å². The van der Waals surface area contributed by atoms with E-state index in [0.717, 1.165) is 45.4 Å². The van der Waals surface area contributed by atoms with Crippen LogP contribution in [0, 0.1) is 23.2 Å². The fourth-order valence-electron chi connectivity index (χ4n) is 5.43. The summed E-state index contributed by atoms with van der Waals surface area (Å²) in [5.74, 6) is 1.97. The van der Waals surface area contributed by atoms with Crippen molar-refractivity contribution in [2.45, 2.75) is 45.1 Å². The van der Waals surface area contributed by atoms with E-state index in [-0.39, 0.29) is 5.91 Å². The molecule has 4 fully saturated rings. The van der Waals surface area contributed by atoms with Crippen LogP contribution in [0.4, 0.5) is 0 Å². The van der Waals surface area contributed by atoms with Gasteiger partial charge < -0.3 is 14.4 Å². The van der Waals surface area contributed by atoms with Crippen LogP contribution in [0.25, 0.3) is 0 Å². The predicted molar refractivity (Wildman–Crippen MR) is 93.8 cm³/mol. The van der Waals surface area contributed by atoms with Gasteiger partial charge in [-0.25, -0.2) is 0 Å². The van der Waals surface area contributed by atoms with Crippen LogP contribution in [-0.4, -0.2) is 62.6 Å². The molecule has 0 radical (unpaired) electrons. The van der Waals surface area contributed by atoms with Crippen LogP contribution < -0.4 is 0 Å². The van der Waals surface area contributed by atoms with Crippen LogP contribution in [0.1, 0.15) is 38.5 Å². The number of carbonyl (C=O) groups is 2. The molecule has 0 bridgehead atoms. The highest BCUT2D eigenvalue weighted by atomic mass is 16.2. The summed E-state index contributed by atoms with van der Waals surface area (Å²) in [6, 6.07) is 0. The maximum absolute atomic E-state index is 12.8. The molecule has 5 rings (SSSR count). The van der Waals surface area contributed by atoms with E-state index in [4.69, 9.17) is 0 Å². The first-order valence-electron chi connectivity index (χ1n) is 10.0. The first kappa shape index (κ1) is 16.3. The van der Waals surface area contributed by atoms with E-state index < -0.39 is 0 Å². The highest BCUT2D eigenvalue weighted by molar-refractivity contribution is 5.83. The van der Waals surface area contributed by atoms with Gasteiger partial charge >= 0.3 is 0 Å². The first-order chi connectivity index (χ1) is 12.6. The Morgan fingerprint density at radius 2 is 1.65 bits per heavy atom. The summed E-state index contributed by atoms with van der Waals surface area (Å²) >= 11 is 0. The van der Waals surface area contributed by atoms with E-state index in [1.165, 1.54) is 19.3 Å². The van der Waals surface area contributed by atoms with Gasteiger partial charge in [0.05, 0.1) is 0 Å². The van der Waals surface area contributed by atoms with Gasteiger partial charge in [-0.05, 0) is 49.4 Å². The van der Waals surface area contributed by atoms with Crippen LogP contribution in [-0.2, 0) is 16.1 Å². The maximum atomic E-state index is 12.8. The number of aromatic nitrogens is 3. The fraction of sp³-hybridized carbons (Fsp3) is 0.789. The van der Waals surface area contributed by atoms with E-state index in [2.05, 4.69) is 15.1 Å². The second-order valence-corrected chi connectivity index (χ2v) is 8.83. The van der Waals surface area contributed by atoms with Crippen LogP contribution in [0.5, 0.6) is 0 Å². The van der Waals surface area contributed by atoms with Crippen LogP contribution in [0.2, 0.25) is 0 Å². The van der Waals surface area contributed by atoms with Crippen molar-refractivity contribution in [3.8, 4) is 0 Å². The maximum Gasteiger partial charge on any atom is 0.242 e. The smallest absolute Gasteiger partial charge is 0.242 e. The third-order valence-corrected chi connectivity index (χ3v) is 7.40. The molecule has 4 aliphatic rings. The molecule has 1 aromatic rings. The minimum Gasteiger partial charge on any atom is -0.342 e. The molecule has 1 unspecified atom stereocenters. The molecule has 0 N–H and O–H groups in total. The largest absolute Gasteiger partial charge is 0.342 e. The van der Waals surface area contributed by atoms with Gasteiger partial charge in [-0.2, -0.15) is 0 Å². The van der Waals surface area contributed by atoms with Crippen LogP contribution in [0.15, 0.2) is 12.7 Å². The summed E-state index contributed by atoms with van der Waals surface area (Å²) in [6.07, 6.45) is 10.2. The predicted octanol–water partition coefficient (Wildman–Crippen LogP) is 1.17. The van der Waals surface area contributed by atoms with E-state index in [9.17, 15) is 9.59 Å². The second kappa shape index (κ2) is 6.06. The van der Waals surface area contributed by atoms with Crippen LogP contribution in [0.3, 0.4) is 0 Å². The number of carbonyl (C=O) groups excluding carboxylic acids is 2. The molecule has 0 aromatic carbocycles. The van der Waals surface area contributed by atoms with Crippen LogP contribution >= 0.6 is 0 Å². The normalized spacial score (nSPS) is 32.1. The third-order valence-electron chi connectivity index (χ3n) is 7.40. The molecule has 2 amide bonds. The lowest BCUT2D eigenvalue weighted by Crippen LogP contribution is -2.37. The summed E-state index contributed by atoms with van der Waals surface area (Å²) in [5.41, 5.74) is 0.421. The van der Waals surface area contributed by atoms with Crippen molar-refractivity contribution in [3.63, 3.8) is 0 Å². The van der Waals surface area contributed by atoms with Gasteiger partial charge in [-0.3, -0.25) is 9.59 Å². The first-order valence-corrected chi connectivity index (χ1v) is 10.0. The zero-order valence-corrected chi connectivity index (χ0v) is 15.2. The van der Waals surface area contributed by atoms with Crippen molar-refractivity contribution in [2.24, 2.45) is 23.2 Å². The highest BCUT2D eigenvalue weighted by Crippen LogP contribution is 2.66. The molecule has 1 spiro atoms. The van der Waals surface area contributed by atoms with E-state index in [1.807, 2.05) is 4.90 Å². The average molecular weight is 357 g/mol. The molecule has 2 aliphatic heterocycles. The van der Waals surface area contributed by atoms with Crippen molar-refractivity contribution >= 4 is 11.8 Å². The summed E-state index contributed by atoms with van der Waals surface area (Å²) in [4.78, 5) is 29.5. The Hall–Kier alpha value is -1.92. The van der Waals surface area contributed by atoms with Crippen molar-refractivity contribution in [1.82, 2.24) is 24.6 Å². The molecule has 2 saturated heterocycles. The molecular weight excluding hydrogens is 330 g/mol. The number of nitrogens with zero attached hydrogens (tertiary/aromatic N) is 5. The van der Waals surface area contributed by atoms with E-state index >= 15 is 0 Å². The van der Waals surface area contributed by atoms with Gasteiger partial charge in [0.1, 0.15) is 19.2 Å². The quantitative estimate of drug-likeness (QED) is 0.814.